The van der Waals surface area contributed by atoms with E-state index in [-0.39, 0.29) is 12.3 Å². The van der Waals surface area contributed by atoms with Crippen LogP contribution in [0.3, 0.4) is 0 Å². The summed E-state index contributed by atoms with van der Waals surface area (Å²) in [5.41, 5.74) is 1.41. The maximum Gasteiger partial charge on any atom is 0.226 e. The van der Waals surface area contributed by atoms with Gasteiger partial charge in [0.2, 0.25) is 11.8 Å². The molecule has 0 saturated heterocycles. The number of ether oxygens (including phenoxy) is 1. The first-order valence-electron chi connectivity index (χ1n) is 9.77. The number of carbonyl (C=O) groups excluding carboxylic acids is 1. The van der Waals surface area contributed by atoms with Crippen LogP contribution in [0.5, 0.6) is 5.75 Å². The highest BCUT2D eigenvalue weighted by Gasteiger charge is 2.41. The van der Waals surface area contributed by atoms with Gasteiger partial charge in [0.15, 0.2) is 5.82 Å². The Hall–Kier alpha value is -2.74. The molecule has 1 aliphatic carbocycles. The molecule has 0 radical (unpaired) electrons. The van der Waals surface area contributed by atoms with Crippen molar-refractivity contribution in [2.75, 3.05) is 0 Å². The first kappa shape index (κ1) is 19.6. The maximum absolute atomic E-state index is 12.7. The molecule has 29 heavy (non-hydrogen) atoms. The third-order valence-electron chi connectivity index (χ3n) is 5.12. The van der Waals surface area contributed by atoms with Gasteiger partial charge in [-0.25, -0.2) is 4.98 Å². The number of rotatable bonds is 7. The molecule has 0 bridgehead atoms. The summed E-state index contributed by atoms with van der Waals surface area (Å²) in [4.78, 5) is 21.6. The van der Waals surface area contributed by atoms with Crippen molar-refractivity contribution < 1.29 is 14.1 Å². The molecule has 0 unspecified atom stereocenters. The summed E-state index contributed by atoms with van der Waals surface area (Å²) in [7, 11) is 0. The van der Waals surface area contributed by atoms with Crippen LogP contribution in [0.4, 0.5) is 0 Å². The van der Waals surface area contributed by atoms with Crippen LogP contribution in [0, 0.1) is 13.8 Å². The van der Waals surface area contributed by atoms with Gasteiger partial charge in [-0.2, -0.15) is 4.98 Å². The lowest BCUT2D eigenvalue weighted by atomic mass is 9.96. The monoisotopic (exact) mass is 412 g/mol. The van der Waals surface area contributed by atoms with Crippen molar-refractivity contribution in [2.45, 2.75) is 58.1 Å². The van der Waals surface area contributed by atoms with Gasteiger partial charge in [0, 0.05) is 12.3 Å². The molecule has 1 fully saturated rings. The highest BCUT2D eigenvalue weighted by atomic mass is 32.1. The van der Waals surface area contributed by atoms with Crippen LogP contribution in [0.25, 0.3) is 0 Å². The van der Waals surface area contributed by atoms with Gasteiger partial charge >= 0.3 is 0 Å². The van der Waals surface area contributed by atoms with Crippen LogP contribution in [0.2, 0.25) is 0 Å². The average Bonchev–Trinajstić information content (AvgIpc) is 3.43. The summed E-state index contributed by atoms with van der Waals surface area (Å²) in [6.45, 7) is 4.19. The minimum absolute atomic E-state index is 0.0781. The molecule has 152 valence electrons. The van der Waals surface area contributed by atoms with E-state index < -0.39 is 5.54 Å². The molecule has 2 aromatic heterocycles. The number of thiazole rings is 1. The number of hydrogen-bond donors (Lipinski definition) is 1. The predicted molar refractivity (Wildman–Crippen MR) is 109 cm³/mol. The van der Waals surface area contributed by atoms with Crippen molar-refractivity contribution in [3.63, 3.8) is 0 Å². The molecule has 7 nitrogen and oxygen atoms in total. The van der Waals surface area contributed by atoms with Crippen LogP contribution in [0.15, 0.2) is 34.2 Å². The second kappa shape index (κ2) is 8.32. The van der Waals surface area contributed by atoms with E-state index in [0.717, 1.165) is 42.1 Å². The zero-order valence-electron chi connectivity index (χ0n) is 16.6. The molecular formula is C21H24N4O3S. The molecular weight excluding hydrogens is 388 g/mol. The molecule has 0 aliphatic heterocycles. The number of nitrogens with zero attached hydrogens (tertiary/aromatic N) is 3. The molecule has 1 N–H and O–H groups in total. The molecule has 1 aromatic carbocycles. The van der Waals surface area contributed by atoms with Gasteiger partial charge in [0.05, 0.1) is 12.1 Å². The molecule has 0 spiro atoms. The van der Waals surface area contributed by atoms with Crippen LogP contribution in [0.1, 0.15) is 53.7 Å². The standard InChI is InChI=1S/C21H24N4O3S/c1-14-5-7-17(8-6-14)27-12-19-23-16(13-29-19)11-18(26)24-21(9-3-4-10-21)20-22-15(2)28-25-20/h5-8,13H,3-4,9-12H2,1-2H3,(H,24,26). The summed E-state index contributed by atoms with van der Waals surface area (Å²) in [6.07, 6.45) is 3.94. The largest absolute Gasteiger partial charge is 0.486 e. The fourth-order valence-corrected chi connectivity index (χ4v) is 4.33. The normalized spacial score (nSPS) is 15.4. The fourth-order valence-electron chi connectivity index (χ4n) is 3.63. The minimum Gasteiger partial charge on any atom is -0.486 e. The number of aromatic nitrogens is 3. The second-order valence-corrected chi connectivity index (χ2v) is 8.43. The highest BCUT2D eigenvalue weighted by molar-refractivity contribution is 7.09. The van der Waals surface area contributed by atoms with E-state index in [1.807, 2.05) is 36.6 Å². The SMILES string of the molecule is Cc1ccc(OCc2nc(CC(=O)NC3(c4noc(C)n4)CCCC3)cs2)cc1. The minimum atomic E-state index is -0.526. The van der Waals surface area contributed by atoms with Gasteiger partial charge < -0.3 is 14.6 Å². The maximum atomic E-state index is 12.7. The van der Waals surface area contributed by atoms with Gasteiger partial charge in [-0.05, 0) is 31.9 Å². The van der Waals surface area contributed by atoms with Crippen molar-refractivity contribution >= 4 is 17.2 Å². The molecule has 1 saturated carbocycles. The molecule has 2 heterocycles. The summed E-state index contributed by atoms with van der Waals surface area (Å²) in [6, 6.07) is 7.91. The molecule has 1 amide bonds. The number of benzene rings is 1. The Bertz CT molecular complexity index is 974. The zero-order chi connectivity index (χ0) is 20.3. The van der Waals surface area contributed by atoms with Gasteiger partial charge in [-0.1, -0.05) is 35.7 Å². The quantitative estimate of drug-likeness (QED) is 0.634. The van der Waals surface area contributed by atoms with Gasteiger partial charge in [0.1, 0.15) is 22.9 Å². The Labute approximate surface area is 173 Å². The Morgan fingerprint density at radius 3 is 2.66 bits per heavy atom. The molecule has 8 heteroatoms. The number of aryl methyl sites for hydroxylation is 2. The van der Waals surface area contributed by atoms with Gasteiger partial charge in [0.25, 0.3) is 0 Å². The summed E-state index contributed by atoms with van der Waals surface area (Å²) < 4.78 is 10.9. The number of hydrogen-bond acceptors (Lipinski definition) is 7. The van der Waals surface area contributed by atoms with E-state index >= 15 is 0 Å². The summed E-state index contributed by atoms with van der Waals surface area (Å²) >= 11 is 1.50. The molecule has 3 aromatic rings. The van der Waals surface area contributed by atoms with Gasteiger partial charge in [-0.15, -0.1) is 11.3 Å². The van der Waals surface area contributed by atoms with E-state index in [0.29, 0.717) is 18.3 Å². The van der Waals surface area contributed by atoms with Crippen LogP contribution in [-0.4, -0.2) is 21.0 Å². The van der Waals surface area contributed by atoms with E-state index in [4.69, 9.17) is 9.26 Å². The third kappa shape index (κ3) is 4.64. The zero-order valence-corrected chi connectivity index (χ0v) is 17.4. The third-order valence-corrected chi connectivity index (χ3v) is 5.99. The number of carbonyl (C=O) groups is 1. The average molecular weight is 413 g/mol. The van der Waals surface area contributed by atoms with E-state index in [1.54, 1.807) is 6.92 Å². The topological polar surface area (TPSA) is 90.1 Å². The first-order valence-corrected chi connectivity index (χ1v) is 10.6. The Balaban J connectivity index is 1.35. The Morgan fingerprint density at radius 2 is 1.97 bits per heavy atom. The highest BCUT2D eigenvalue weighted by Crippen LogP contribution is 2.37. The Kier molecular flexibility index (Phi) is 5.62. The smallest absolute Gasteiger partial charge is 0.226 e. The number of amides is 1. The van der Waals surface area contributed by atoms with Crippen molar-refractivity contribution in [1.29, 1.82) is 0 Å². The molecule has 4 rings (SSSR count). The van der Waals surface area contributed by atoms with Crippen LogP contribution >= 0.6 is 11.3 Å². The van der Waals surface area contributed by atoms with Crippen molar-refractivity contribution in [3.8, 4) is 5.75 Å². The predicted octanol–water partition coefficient (Wildman–Crippen LogP) is 3.85. The lowest BCUT2D eigenvalue weighted by molar-refractivity contribution is -0.122. The first-order chi connectivity index (χ1) is 14.0. The summed E-state index contributed by atoms with van der Waals surface area (Å²) in [5, 5.41) is 9.97. The summed E-state index contributed by atoms with van der Waals surface area (Å²) in [5.74, 6) is 1.82. The van der Waals surface area contributed by atoms with E-state index in [1.165, 1.54) is 16.9 Å². The van der Waals surface area contributed by atoms with E-state index in [9.17, 15) is 4.79 Å². The van der Waals surface area contributed by atoms with Gasteiger partial charge in [-0.3, -0.25) is 4.79 Å². The Morgan fingerprint density at radius 1 is 1.21 bits per heavy atom. The molecule has 1 aliphatic rings. The molecule has 0 atom stereocenters. The fraction of sp³-hybridized carbons (Fsp3) is 0.429. The van der Waals surface area contributed by atoms with Crippen molar-refractivity contribution in [2.24, 2.45) is 0 Å². The lowest BCUT2D eigenvalue weighted by Crippen LogP contribution is -2.45. The van der Waals surface area contributed by atoms with Crippen molar-refractivity contribution in [1.82, 2.24) is 20.4 Å². The van der Waals surface area contributed by atoms with Crippen LogP contribution < -0.4 is 10.1 Å². The lowest BCUT2D eigenvalue weighted by Gasteiger charge is -2.26. The number of nitrogens with one attached hydrogen (secondary N) is 1. The van der Waals surface area contributed by atoms with Crippen molar-refractivity contribution in [3.05, 3.63) is 57.6 Å². The van der Waals surface area contributed by atoms with Crippen LogP contribution in [-0.2, 0) is 23.4 Å². The van der Waals surface area contributed by atoms with E-state index in [2.05, 4.69) is 20.4 Å². The second-order valence-electron chi connectivity index (χ2n) is 7.49.